The van der Waals surface area contributed by atoms with Crippen molar-refractivity contribution in [3.8, 4) is 11.5 Å². The van der Waals surface area contributed by atoms with Gasteiger partial charge in [0.05, 0.1) is 10.6 Å². The second-order valence-corrected chi connectivity index (χ2v) is 6.57. The first-order valence-corrected chi connectivity index (χ1v) is 9.08. The minimum atomic E-state index is -0.985. The Morgan fingerprint density at radius 2 is 1.89 bits per heavy atom. The Morgan fingerprint density at radius 3 is 2.70 bits per heavy atom. The predicted molar refractivity (Wildman–Crippen MR) is 101 cm³/mol. The van der Waals surface area contributed by atoms with E-state index in [1.807, 2.05) is 12.1 Å². The summed E-state index contributed by atoms with van der Waals surface area (Å²) in [5.74, 6) is 0.0773. The van der Waals surface area contributed by atoms with Crippen LogP contribution in [0.5, 0.6) is 11.5 Å². The molecule has 0 atom stereocenters. The molecule has 3 rings (SSSR count). The highest BCUT2D eigenvalue weighted by Gasteiger charge is 2.16. The second kappa shape index (κ2) is 8.77. The van der Waals surface area contributed by atoms with Crippen molar-refractivity contribution in [3.63, 3.8) is 0 Å². The summed E-state index contributed by atoms with van der Waals surface area (Å²) in [4.78, 5) is 23.3. The van der Waals surface area contributed by atoms with Gasteiger partial charge in [0.25, 0.3) is 0 Å². The number of amides is 1. The first-order valence-electron chi connectivity index (χ1n) is 8.70. The van der Waals surface area contributed by atoms with Gasteiger partial charge >= 0.3 is 5.97 Å². The van der Waals surface area contributed by atoms with Crippen LogP contribution in [0.25, 0.3) is 0 Å². The van der Waals surface area contributed by atoms with Crippen molar-refractivity contribution < 1.29 is 24.2 Å². The second-order valence-electron chi connectivity index (χ2n) is 6.16. The summed E-state index contributed by atoms with van der Waals surface area (Å²) in [6, 6.07) is 10.4. The molecule has 6 nitrogen and oxygen atoms in total. The van der Waals surface area contributed by atoms with Crippen molar-refractivity contribution in [2.24, 2.45) is 0 Å². The molecule has 0 unspecified atom stereocenters. The summed E-state index contributed by atoms with van der Waals surface area (Å²) in [6.07, 6.45) is 1.21. The molecule has 1 aliphatic rings. The van der Waals surface area contributed by atoms with Crippen LogP contribution in [0.3, 0.4) is 0 Å². The lowest BCUT2D eigenvalue weighted by Gasteiger charge is -2.20. The lowest BCUT2D eigenvalue weighted by Crippen LogP contribution is -2.26. The molecular weight excluding hydrogens is 370 g/mol. The molecule has 2 N–H and O–H groups in total. The van der Waals surface area contributed by atoms with Crippen molar-refractivity contribution in [1.29, 1.82) is 0 Å². The van der Waals surface area contributed by atoms with E-state index in [9.17, 15) is 14.7 Å². The molecule has 0 saturated heterocycles. The molecule has 1 amide bonds. The SMILES string of the molecule is O=C(CCc1ccccc1C(=O)O)NCCc1cc(Cl)c2c(c1)OCCO2. The summed E-state index contributed by atoms with van der Waals surface area (Å²) in [5.41, 5.74) is 1.83. The number of carbonyl (C=O) groups is 2. The minimum Gasteiger partial charge on any atom is -0.486 e. The molecule has 27 heavy (non-hydrogen) atoms. The Bertz CT molecular complexity index is 852. The molecule has 0 fully saturated rings. The number of fused-ring (bicyclic) bond motifs is 1. The van der Waals surface area contributed by atoms with Gasteiger partial charge in [-0.15, -0.1) is 0 Å². The smallest absolute Gasteiger partial charge is 0.335 e. The maximum atomic E-state index is 12.1. The zero-order chi connectivity index (χ0) is 19.2. The number of carbonyl (C=O) groups excluding carboxylic acids is 1. The first-order chi connectivity index (χ1) is 13.0. The van der Waals surface area contributed by atoms with E-state index in [-0.39, 0.29) is 17.9 Å². The molecule has 2 aromatic carbocycles. The van der Waals surface area contributed by atoms with Crippen LogP contribution in [-0.2, 0) is 17.6 Å². The minimum absolute atomic E-state index is 0.126. The summed E-state index contributed by atoms with van der Waals surface area (Å²) in [7, 11) is 0. The highest BCUT2D eigenvalue weighted by Crippen LogP contribution is 2.38. The number of rotatable bonds is 7. The fourth-order valence-electron chi connectivity index (χ4n) is 2.94. The van der Waals surface area contributed by atoms with Crippen molar-refractivity contribution in [1.82, 2.24) is 5.32 Å². The quantitative estimate of drug-likeness (QED) is 0.760. The third kappa shape index (κ3) is 4.92. The Morgan fingerprint density at radius 1 is 1.11 bits per heavy atom. The summed E-state index contributed by atoms with van der Waals surface area (Å²) < 4.78 is 11.0. The molecule has 0 aliphatic carbocycles. The van der Waals surface area contributed by atoms with Crippen LogP contribution < -0.4 is 14.8 Å². The van der Waals surface area contributed by atoms with Crippen molar-refractivity contribution in [2.45, 2.75) is 19.3 Å². The monoisotopic (exact) mass is 389 g/mol. The topological polar surface area (TPSA) is 84.9 Å². The molecular formula is C20H20ClNO5. The lowest BCUT2D eigenvalue weighted by atomic mass is 10.0. The third-order valence-electron chi connectivity index (χ3n) is 4.26. The Balaban J connectivity index is 1.49. The fraction of sp³-hybridized carbons (Fsp3) is 0.300. The molecule has 0 radical (unpaired) electrons. The van der Waals surface area contributed by atoms with Gasteiger partial charge in [-0.1, -0.05) is 29.8 Å². The van der Waals surface area contributed by atoms with Gasteiger partial charge in [-0.2, -0.15) is 0 Å². The van der Waals surface area contributed by atoms with Gasteiger partial charge in [0.15, 0.2) is 11.5 Å². The van der Waals surface area contributed by atoms with Crippen molar-refractivity contribution >= 4 is 23.5 Å². The average molecular weight is 390 g/mol. The van der Waals surface area contributed by atoms with Crippen LogP contribution >= 0.6 is 11.6 Å². The van der Waals surface area contributed by atoms with Gasteiger partial charge in [-0.05, 0) is 42.2 Å². The highest BCUT2D eigenvalue weighted by atomic mass is 35.5. The Kier molecular flexibility index (Phi) is 6.19. The molecule has 1 aliphatic heterocycles. The molecule has 0 aromatic heterocycles. The number of hydrogen-bond donors (Lipinski definition) is 2. The molecule has 0 spiro atoms. The predicted octanol–water partition coefficient (Wildman–Crippen LogP) is 3.10. The van der Waals surface area contributed by atoms with Gasteiger partial charge in [-0.3, -0.25) is 4.79 Å². The number of benzene rings is 2. The number of carboxylic acid groups (broad SMARTS) is 1. The van der Waals surface area contributed by atoms with Crippen LogP contribution in [0, 0.1) is 0 Å². The normalized spacial score (nSPS) is 12.5. The molecule has 142 valence electrons. The standard InChI is InChI=1S/C20H20ClNO5/c21-16-11-13(12-17-19(16)27-10-9-26-17)7-8-22-18(23)6-5-14-3-1-2-4-15(14)20(24)25/h1-4,11-12H,5-10H2,(H,22,23)(H,24,25). The number of halogens is 1. The molecule has 7 heteroatoms. The largest absolute Gasteiger partial charge is 0.486 e. The van der Waals surface area contributed by atoms with Crippen LogP contribution in [0.2, 0.25) is 5.02 Å². The van der Waals surface area contributed by atoms with E-state index in [2.05, 4.69) is 5.32 Å². The third-order valence-corrected chi connectivity index (χ3v) is 4.54. The van der Waals surface area contributed by atoms with E-state index in [1.165, 1.54) is 0 Å². The molecule has 2 aromatic rings. The zero-order valence-corrected chi connectivity index (χ0v) is 15.4. The maximum absolute atomic E-state index is 12.1. The number of ether oxygens (including phenoxy) is 2. The summed E-state index contributed by atoms with van der Waals surface area (Å²) in [5, 5.41) is 12.5. The van der Waals surface area contributed by atoms with Crippen molar-refractivity contribution in [2.75, 3.05) is 19.8 Å². The van der Waals surface area contributed by atoms with Crippen LogP contribution in [0.1, 0.15) is 27.9 Å². The van der Waals surface area contributed by atoms with Gasteiger partial charge < -0.3 is 19.9 Å². The fourth-order valence-corrected chi connectivity index (χ4v) is 3.23. The highest BCUT2D eigenvalue weighted by molar-refractivity contribution is 6.32. The lowest BCUT2D eigenvalue weighted by molar-refractivity contribution is -0.121. The van der Waals surface area contributed by atoms with E-state index in [0.717, 1.165) is 5.56 Å². The van der Waals surface area contributed by atoms with E-state index in [1.54, 1.807) is 24.3 Å². The number of carboxylic acids is 1. The van der Waals surface area contributed by atoms with Gasteiger partial charge in [0, 0.05) is 13.0 Å². The van der Waals surface area contributed by atoms with Crippen LogP contribution in [0.4, 0.5) is 0 Å². The number of aryl methyl sites for hydroxylation is 1. The molecule has 1 heterocycles. The maximum Gasteiger partial charge on any atom is 0.335 e. The van der Waals surface area contributed by atoms with Gasteiger partial charge in [0.2, 0.25) is 5.91 Å². The Labute approximate surface area is 162 Å². The first kappa shape index (κ1) is 19.0. The summed E-state index contributed by atoms with van der Waals surface area (Å²) in [6.45, 7) is 1.42. The molecule has 0 saturated carbocycles. The van der Waals surface area contributed by atoms with E-state index in [0.29, 0.717) is 54.7 Å². The van der Waals surface area contributed by atoms with Crippen LogP contribution in [0.15, 0.2) is 36.4 Å². The average Bonchev–Trinajstić information content (AvgIpc) is 2.66. The zero-order valence-electron chi connectivity index (χ0n) is 14.7. The summed E-state index contributed by atoms with van der Waals surface area (Å²) >= 11 is 6.21. The number of hydrogen-bond acceptors (Lipinski definition) is 4. The molecule has 0 bridgehead atoms. The van der Waals surface area contributed by atoms with Crippen LogP contribution in [-0.4, -0.2) is 36.7 Å². The number of aromatic carboxylic acids is 1. The van der Waals surface area contributed by atoms with Gasteiger partial charge in [-0.25, -0.2) is 4.79 Å². The van der Waals surface area contributed by atoms with Crippen molar-refractivity contribution in [3.05, 3.63) is 58.1 Å². The Hall–Kier alpha value is -2.73. The van der Waals surface area contributed by atoms with E-state index >= 15 is 0 Å². The number of nitrogens with one attached hydrogen (secondary N) is 1. The van der Waals surface area contributed by atoms with E-state index < -0.39 is 5.97 Å². The van der Waals surface area contributed by atoms with Gasteiger partial charge in [0.1, 0.15) is 13.2 Å². The van der Waals surface area contributed by atoms with E-state index in [4.69, 9.17) is 21.1 Å².